The third kappa shape index (κ3) is 4.78. The summed E-state index contributed by atoms with van der Waals surface area (Å²) in [4.78, 5) is 26.6. The molecule has 2 aliphatic heterocycles. The van der Waals surface area contributed by atoms with E-state index in [0.717, 1.165) is 25.7 Å². The minimum absolute atomic E-state index is 0.109. The number of ether oxygens (including phenoxy) is 2. The van der Waals surface area contributed by atoms with Gasteiger partial charge in [-0.1, -0.05) is 12.8 Å². The summed E-state index contributed by atoms with van der Waals surface area (Å²) in [6.45, 7) is 1.81. The molecule has 2 aliphatic rings. The number of amides is 1. The van der Waals surface area contributed by atoms with Crippen LogP contribution < -0.4 is 4.74 Å². The van der Waals surface area contributed by atoms with Crippen LogP contribution in [0, 0.1) is 5.92 Å². The van der Waals surface area contributed by atoms with Gasteiger partial charge in [0.25, 0.3) is 5.91 Å². The van der Waals surface area contributed by atoms with Crippen molar-refractivity contribution in [3.63, 3.8) is 0 Å². The molecule has 0 atom stereocenters. The lowest BCUT2D eigenvalue weighted by Gasteiger charge is -2.31. The molecule has 30 heavy (non-hydrogen) atoms. The number of hydrogen-bond acceptors (Lipinski definition) is 6. The van der Waals surface area contributed by atoms with E-state index in [0.29, 0.717) is 44.8 Å². The Kier molecular flexibility index (Phi) is 7.36. The van der Waals surface area contributed by atoms with Crippen molar-refractivity contribution in [2.24, 2.45) is 5.92 Å². The third-order valence-corrected chi connectivity index (χ3v) is 7.82. The van der Waals surface area contributed by atoms with Crippen LogP contribution in [0.5, 0.6) is 5.75 Å². The first-order valence-electron chi connectivity index (χ1n) is 10.4. The number of rotatable bonds is 5. The summed E-state index contributed by atoms with van der Waals surface area (Å²) in [5.74, 6) is -0.422. The molecule has 2 fully saturated rings. The van der Waals surface area contributed by atoms with E-state index in [1.165, 1.54) is 30.7 Å². The zero-order valence-electron chi connectivity index (χ0n) is 17.6. The number of carbonyl (C=O) groups excluding carboxylic acids is 2. The highest BCUT2D eigenvalue weighted by Gasteiger charge is 2.31. The highest BCUT2D eigenvalue weighted by Crippen LogP contribution is 2.28. The molecule has 0 unspecified atom stereocenters. The number of hydrogen-bond donors (Lipinski definition) is 0. The molecule has 2 heterocycles. The van der Waals surface area contributed by atoms with Gasteiger partial charge in [0, 0.05) is 26.2 Å². The summed E-state index contributed by atoms with van der Waals surface area (Å²) in [6, 6.07) is 4.46. The molecule has 1 aromatic carbocycles. The van der Waals surface area contributed by atoms with Gasteiger partial charge in [0.15, 0.2) is 0 Å². The van der Waals surface area contributed by atoms with Crippen LogP contribution in [0.3, 0.4) is 0 Å². The summed E-state index contributed by atoms with van der Waals surface area (Å²) < 4.78 is 37.9. The van der Waals surface area contributed by atoms with Crippen molar-refractivity contribution in [2.45, 2.75) is 43.4 Å². The van der Waals surface area contributed by atoms with Gasteiger partial charge in [-0.05, 0) is 43.9 Å². The van der Waals surface area contributed by atoms with Crippen molar-refractivity contribution in [2.75, 3.05) is 40.4 Å². The fraction of sp³-hybridized carbons (Fsp3) is 0.619. The Bertz CT molecular complexity index is 869. The largest absolute Gasteiger partial charge is 0.496 e. The molecule has 0 saturated carbocycles. The molecule has 0 N–H and O–H groups in total. The molecule has 0 aliphatic carbocycles. The molecular weight excluding hydrogens is 408 g/mol. The van der Waals surface area contributed by atoms with Crippen molar-refractivity contribution >= 4 is 21.9 Å². The van der Waals surface area contributed by atoms with Gasteiger partial charge in [-0.3, -0.25) is 9.59 Å². The second-order valence-corrected chi connectivity index (χ2v) is 9.71. The van der Waals surface area contributed by atoms with E-state index in [1.807, 2.05) is 0 Å². The van der Waals surface area contributed by atoms with Crippen LogP contribution >= 0.6 is 0 Å². The van der Waals surface area contributed by atoms with E-state index in [2.05, 4.69) is 0 Å². The first kappa shape index (κ1) is 22.6. The van der Waals surface area contributed by atoms with E-state index >= 15 is 0 Å². The van der Waals surface area contributed by atoms with E-state index in [9.17, 15) is 18.0 Å². The third-order valence-electron chi connectivity index (χ3n) is 5.92. The lowest BCUT2D eigenvalue weighted by Crippen LogP contribution is -2.40. The van der Waals surface area contributed by atoms with E-state index in [4.69, 9.17) is 9.47 Å². The first-order valence-corrected chi connectivity index (χ1v) is 11.9. The van der Waals surface area contributed by atoms with Gasteiger partial charge in [-0.25, -0.2) is 8.42 Å². The number of methoxy groups -OCH3 is 2. The Labute approximate surface area is 178 Å². The van der Waals surface area contributed by atoms with E-state index in [-0.39, 0.29) is 28.3 Å². The number of benzene rings is 1. The van der Waals surface area contributed by atoms with Crippen LogP contribution in [-0.4, -0.2) is 69.9 Å². The van der Waals surface area contributed by atoms with Crippen LogP contribution in [0.2, 0.25) is 0 Å². The fourth-order valence-corrected chi connectivity index (χ4v) is 5.64. The number of sulfonamides is 1. The summed E-state index contributed by atoms with van der Waals surface area (Å²) in [6.07, 6.45) is 4.78. The van der Waals surface area contributed by atoms with Crippen molar-refractivity contribution in [1.29, 1.82) is 0 Å². The molecule has 0 spiro atoms. The number of piperidine rings is 1. The molecule has 0 radical (unpaired) electrons. The van der Waals surface area contributed by atoms with Crippen molar-refractivity contribution in [1.82, 2.24) is 9.21 Å². The molecule has 3 rings (SSSR count). The molecule has 9 heteroatoms. The second kappa shape index (κ2) is 9.78. The molecule has 0 aromatic heterocycles. The summed E-state index contributed by atoms with van der Waals surface area (Å²) >= 11 is 0. The van der Waals surface area contributed by atoms with Gasteiger partial charge in [0.1, 0.15) is 5.75 Å². The van der Waals surface area contributed by atoms with Gasteiger partial charge in [0.05, 0.1) is 30.6 Å². The number of likely N-dealkylation sites (tertiary alicyclic amines) is 1. The van der Waals surface area contributed by atoms with Gasteiger partial charge >= 0.3 is 5.97 Å². The van der Waals surface area contributed by atoms with Crippen molar-refractivity contribution < 1.29 is 27.5 Å². The monoisotopic (exact) mass is 438 g/mol. The Morgan fingerprint density at radius 3 is 2.17 bits per heavy atom. The predicted molar refractivity (Wildman–Crippen MR) is 111 cm³/mol. The number of carbonyl (C=O) groups is 2. The normalized spacial score (nSPS) is 19.2. The maximum absolute atomic E-state index is 13.2. The molecular formula is C21H30N2O6S. The average Bonchev–Trinajstić information content (AvgIpc) is 3.08. The van der Waals surface area contributed by atoms with Crippen LogP contribution in [0.1, 0.15) is 48.9 Å². The van der Waals surface area contributed by atoms with Gasteiger partial charge in [-0.2, -0.15) is 4.31 Å². The maximum atomic E-state index is 13.2. The molecule has 166 valence electrons. The molecule has 0 bridgehead atoms. The SMILES string of the molecule is COC(=O)C1CCN(C(=O)c2cc(S(=O)(=O)N3CCCCCC3)ccc2OC)CC1. The Hall–Kier alpha value is -2.13. The first-order chi connectivity index (χ1) is 14.4. The lowest BCUT2D eigenvalue weighted by atomic mass is 9.96. The van der Waals surface area contributed by atoms with Crippen LogP contribution in [-0.2, 0) is 19.6 Å². The lowest BCUT2D eigenvalue weighted by molar-refractivity contribution is -0.146. The second-order valence-electron chi connectivity index (χ2n) is 7.77. The molecule has 8 nitrogen and oxygen atoms in total. The van der Waals surface area contributed by atoms with E-state index in [1.54, 1.807) is 11.0 Å². The smallest absolute Gasteiger partial charge is 0.308 e. The van der Waals surface area contributed by atoms with Crippen molar-refractivity contribution in [3.05, 3.63) is 23.8 Å². The standard InChI is InChI=1S/C21H30N2O6S/c1-28-19-8-7-17(30(26,27)23-11-5-3-4-6-12-23)15-18(19)20(24)22-13-9-16(10-14-22)21(25)29-2/h7-8,15-16H,3-6,9-14H2,1-2H3. The predicted octanol–water partition coefficient (Wildman–Crippen LogP) is 2.29. The average molecular weight is 439 g/mol. The van der Waals surface area contributed by atoms with Crippen LogP contribution in [0.4, 0.5) is 0 Å². The minimum atomic E-state index is -3.67. The Morgan fingerprint density at radius 1 is 0.967 bits per heavy atom. The number of esters is 1. The van der Waals surface area contributed by atoms with E-state index < -0.39 is 10.0 Å². The molecule has 2 saturated heterocycles. The van der Waals surface area contributed by atoms with Crippen LogP contribution in [0.25, 0.3) is 0 Å². The maximum Gasteiger partial charge on any atom is 0.308 e. The Morgan fingerprint density at radius 2 is 1.60 bits per heavy atom. The Balaban J connectivity index is 1.82. The molecule has 1 amide bonds. The topological polar surface area (TPSA) is 93.2 Å². The fourth-order valence-electron chi connectivity index (χ4n) is 4.10. The quantitative estimate of drug-likeness (QED) is 0.655. The highest BCUT2D eigenvalue weighted by molar-refractivity contribution is 7.89. The zero-order chi connectivity index (χ0) is 21.7. The summed E-state index contributed by atoms with van der Waals surface area (Å²) in [7, 11) is -0.856. The van der Waals surface area contributed by atoms with Gasteiger partial charge < -0.3 is 14.4 Å². The van der Waals surface area contributed by atoms with Crippen LogP contribution in [0.15, 0.2) is 23.1 Å². The summed E-state index contributed by atoms with van der Waals surface area (Å²) in [5, 5.41) is 0. The molecule has 1 aromatic rings. The van der Waals surface area contributed by atoms with Crippen molar-refractivity contribution in [3.8, 4) is 5.75 Å². The zero-order valence-corrected chi connectivity index (χ0v) is 18.4. The van der Waals surface area contributed by atoms with Gasteiger partial charge in [-0.15, -0.1) is 0 Å². The van der Waals surface area contributed by atoms with Gasteiger partial charge in [0.2, 0.25) is 10.0 Å². The number of nitrogens with zero attached hydrogens (tertiary/aromatic N) is 2. The summed E-state index contributed by atoms with van der Waals surface area (Å²) in [5.41, 5.74) is 0.227. The highest BCUT2D eigenvalue weighted by atomic mass is 32.2. The minimum Gasteiger partial charge on any atom is -0.496 e.